The second-order valence-corrected chi connectivity index (χ2v) is 5.39. The molecule has 18 heavy (non-hydrogen) atoms. The number of nitrogens with one attached hydrogen (secondary N) is 1. The standard InChI is InChI=1S/C14H21NO3/c1-14(2,10-16)9-15-11-4-5-12-13(8-11)18-7-3-6-17-12/h4-5,8,15-16H,3,6-7,9-10H2,1-2H3. The summed E-state index contributed by atoms with van der Waals surface area (Å²) in [4.78, 5) is 0. The molecule has 0 spiro atoms. The molecule has 0 saturated carbocycles. The van der Waals surface area contributed by atoms with Gasteiger partial charge in [0.1, 0.15) is 0 Å². The molecule has 1 aliphatic heterocycles. The van der Waals surface area contributed by atoms with Gasteiger partial charge in [-0.25, -0.2) is 0 Å². The van der Waals surface area contributed by atoms with Crippen LogP contribution in [0.15, 0.2) is 18.2 Å². The van der Waals surface area contributed by atoms with Crippen LogP contribution in [0.4, 0.5) is 5.69 Å². The Morgan fingerprint density at radius 3 is 2.67 bits per heavy atom. The van der Waals surface area contributed by atoms with E-state index < -0.39 is 0 Å². The first-order valence-corrected chi connectivity index (χ1v) is 6.35. The summed E-state index contributed by atoms with van der Waals surface area (Å²) in [5.74, 6) is 1.60. The number of rotatable bonds is 4. The molecular weight excluding hydrogens is 230 g/mol. The fraction of sp³-hybridized carbons (Fsp3) is 0.571. The van der Waals surface area contributed by atoms with Crippen molar-refractivity contribution < 1.29 is 14.6 Å². The van der Waals surface area contributed by atoms with Gasteiger partial charge in [0.15, 0.2) is 11.5 Å². The Morgan fingerprint density at radius 2 is 1.94 bits per heavy atom. The Balaban J connectivity index is 2.04. The van der Waals surface area contributed by atoms with Gasteiger partial charge in [-0.15, -0.1) is 0 Å². The van der Waals surface area contributed by atoms with Crippen LogP contribution in [0.5, 0.6) is 11.5 Å². The predicted octanol–water partition coefficient (Wildman–Crippen LogP) is 2.28. The van der Waals surface area contributed by atoms with Crippen LogP contribution in [0.3, 0.4) is 0 Å². The lowest BCUT2D eigenvalue weighted by molar-refractivity contribution is 0.171. The molecule has 0 fully saturated rings. The third-order valence-corrected chi connectivity index (χ3v) is 2.95. The minimum atomic E-state index is -0.135. The van der Waals surface area contributed by atoms with Gasteiger partial charge in [-0.1, -0.05) is 13.8 Å². The minimum absolute atomic E-state index is 0.135. The molecule has 100 valence electrons. The van der Waals surface area contributed by atoms with E-state index >= 15 is 0 Å². The fourth-order valence-corrected chi connectivity index (χ4v) is 1.67. The van der Waals surface area contributed by atoms with E-state index in [1.54, 1.807) is 0 Å². The van der Waals surface area contributed by atoms with Crippen LogP contribution in [-0.4, -0.2) is 31.5 Å². The zero-order chi connectivity index (χ0) is 13.0. The van der Waals surface area contributed by atoms with Crippen molar-refractivity contribution in [3.05, 3.63) is 18.2 Å². The van der Waals surface area contributed by atoms with Crippen molar-refractivity contribution in [2.45, 2.75) is 20.3 Å². The third kappa shape index (κ3) is 3.29. The van der Waals surface area contributed by atoms with Crippen molar-refractivity contribution in [3.8, 4) is 11.5 Å². The van der Waals surface area contributed by atoms with E-state index in [0.717, 1.165) is 23.6 Å². The molecule has 2 N–H and O–H groups in total. The summed E-state index contributed by atoms with van der Waals surface area (Å²) in [7, 11) is 0. The molecule has 0 unspecified atom stereocenters. The predicted molar refractivity (Wildman–Crippen MR) is 71.4 cm³/mol. The third-order valence-electron chi connectivity index (χ3n) is 2.95. The average molecular weight is 251 g/mol. The first kappa shape index (κ1) is 13.0. The molecule has 0 atom stereocenters. The molecule has 1 heterocycles. The van der Waals surface area contributed by atoms with E-state index in [0.29, 0.717) is 19.8 Å². The first-order valence-electron chi connectivity index (χ1n) is 6.35. The summed E-state index contributed by atoms with van der Waals surface area (Å²) < 4.78 is 11.2. The van der Waals surface area contributed by atoms with Crippen LogP contribution in [0.1, 0.15) is 20.3 Å². The Morgan fingerprint density at radius 1 is 1.22 bits per heavy atom. The van der Waals surface area contributed by atoms with Crippen LogP contribution in [0, 0.1) is 5.41 Å². The number of ether oxygens (including phenoxy) is 2. The molecule has 0 bridgehead atoms. The highest BCUT2D eigenvalue weighted by molar-refractivity contribution is 5.55. The monoisotopic (exact) mass is 251 g/mol. The summed E-state index contributed by atoms with van der Waals surface area (Å²) in [6.45, 7) is 6.30. The maximum absolute atomic E-state index is 9.22. The van der Waals surface area contributed by atoms with E-state index in [4.69, 9.17) is 9.47 Å². The minimum Gasteiger partial charge on any atom is -0.490 e. The summed E-state index contributed by atoms with van der Waals surface area (Å²) >= 11 is 0. The van der Waals surface area contributed by atoms with Gasteiger partial charge in [-0.3, -0.25) is 0 Å². The number of fused-ring (bicyclic) bond motifs is 1. The van der Waals surface area contributed by atoms with Crippen LogP contribution < -0.4 is 14.8 Å². The molecule has 4 heteroatoms. The molecule has 0 aromatic heterocycles. The van der Waals surface area contributed by atoms with Gasteiger partial charge in [-0.05, 0) is 12.1 Å². The van der Waals surface area contributed by atoms with Crippen LogP contribution in [0.2, 0.25) is 0 Å². The van der Waals surface area contributed by atoms with Gasteiger partial charge in [0.25, 0.3) is 0 Å². The van der Waals surface area contributed by atoms with E-state index in [2.05, 4.69) is 5.32 Å². The van der Waals surface area contributed by atoms with Gasteiger partial charge in [0, 0.05) is 36.7 Å². The lowest BCUT2D eigenvalue weighted by Gasteiger charge is -2.22. The van der Waals surface area contributed by atoms with Crippen LogP contribution >= 0.6 is 0 Å². The topological polar surface area (TPSA) is 50.7 Å². The van der Waals surface area contributed by atoms with Gasteiger partial charge in [0.2, 0.25) is 0 Å². The van der Waals surface area contributed by atoms with Crippen molar-refractivity contribution >= 4 is 5.69 Å². The zero-order valence-corrected chi connectivity index (χ0v) is 11.0. The first-order chi connectivity index (χ1) is 8.61. The number of anilines is 1. The molecule has 1 aliphatic rings. The molecule has 0 radical (unpaired) electrons. The molecule has 2 rings (SSSR count). The van der Waals surface area contributed by atoms with E-state index in [-0.39, 0.29) is 12.0 Å². The lowest BCUT2D eigenvalue weighted by Crippen LogP contribution is -2.26. The molecule has 1 aromatic rings. The van der Waals surface area contributed by atoms with Crippen molar-refractivity contribution in [3.63, 3.8) is 0 Å². The van der Waals surface area contributed by atoms with Crippen molar-refractivity contribution in [2.24, 2.45) is 5.41 Å². The van der Waals surface area contributed by atoms with E-state index in [1.807, 2.05) is 32.0 Å². The zero-order valence-electron chi connectivity index (χ0n) is 11.0. The normalized spacial score (nSPS) is 15.1. The molecule has 0 aliphatic carbocycles. The van der Waals surface area contributed by atoms with Crippen molar-refractivity contribution in [2.75, 3.05) is 31.7 Å². The molecule has 1 aromatic carbocycles. The summed E-state index contributed by atoms with van der Waals surface area (Å²) in [5.41, 5.74) is 0.852. The van der Waals surface area contributed by atoms with Crippen molar-refractivity contribution in [1.29, 1.82) is 0 Å². The van der Waals surface area contributed by atoms with Gasteiger partial charge < -0.3 is 19.9 Å². The van der Waals surface area contributed by atoms with Crippen LogP contribution in [-0.2, 0) is 0 Å². The number of hydrogen-bond donors (Lipinski definition) is 2. The van der Waals surface area contributed by atoms with Gasteiger partial charge in [0.05, 0.1) is 13.2 Å². The maximum Gasteiger partial charge on any atom is 0.163 e. The van der Waals surface area contributed by atoms with E-state index in [9.17, 15) is 5.11 Å². The quantitative estimate of drug-likeness (QED) is 0.862. The Bertz CT molecular complexity index is 404. The fourth-order valence-electron chi connectivity index (χ4n) is 1.67. The highest BCUT2D eigenvalue weighted by atomic mass is 16.5. The highest BCUT2D eigenvalue weighted by Crippen LogP contribution is 2.32. The molecular formula is C14H21NO3. The Labute approximate surface area is 108 Å². The number of aliphatic hydroxyl groups excluding tert-OH is 1. The summed E-state index contributed by atoms with van der Waals surface area (Å²) in [6.07, 6.45) is 0.912. The second kappa shape index (κ2) is 5.48. The molecule has 0 saturated heterocycles. The van der Waals surface area contributed by atoms with E-state index in [1.165, 1.54) is 0 Å². The largest absolute Gasteiger partial charge is 0.490 e. The van der Waals surface area contributed by atoms with Crippen LogP contribution in [0.25, 0.3) is 0 Å². The van der Waals surface area contributed by atoms with Gasteiger partial charge in [-0.2, -0.15) is 0 Å². The highest BCUT2D eigenvalue weighted by Gasteiger charge is 2.16. The average Bonchev–Trinajstić information content (AvgIpc) is 2.61. The lowest BCUT2D eigenvalue weighted by atomic mass is 9.95. The summed E-state index contributed by atoms with van der Waals surface area (Å²) in [5, 5.41) is 12.5. The Kier molecular flexibility index (Phi) is 3.97. The Hall–Kier alpha value is -1.42. The summed E-state index contributed by atoms with van der Waals surface area (Å²) in [6, 6.07) is 5.85. The maximum atomic E-state index is 9.22. The second-order valence-electron chi connectivity index (χ2n) is 5.39. The molecule has 4 nitrogen and oxygen atoms in total. The number of hydrogen-bond acceptors (Lipinski definition) is 4. The number of aliphatic hydroxyl groups is 1. The SMILES string of the molecule is CC(C)(CO)CNc1ccc2c(c1)OCCCO2. The molecule has 0 amide bonds. The van der Waals surface area contributed by atoms with Gasteiger partial charge >= 0.3 is 0 Å². The number of benzene rings is 1. The smallest absolute Gasteiger partial charge is 0.163 e. The van der Waals surface area contributed by atoms with Crippen molar-refractivity contribution in [1.82, 2.24) is 0 Å².